The standard InChI is InChI=1S/C17H16O3/c1-11-16(19)14(10-18)9-13-7-8-15(20-17(11)13)12-5-3-2-4-6-12/h2-6,9-10,15,19H,7-8H2,1H3/t15-/m1/s1. The van der Waals surface area contributed by atoms with Crippen LogP contribution in [0.3, 0.4) is 0 Å². The van der Waals surface area contributed by atoms with Crippen LogP contribution in [0.2, 0.25) is 0 Å². The molecule has 2 aromatic carbocycles. The molecule has 0 aromatic heterocycles. The molecule has 0 spiro atoms. The van der Waals surface area contributed by atoms with Gasteiger partial charge in [-0.05, 0) is 37.0 Å². The number of phenolic OH excluding ortho intramolecular Hbond substituents is 1. The van der Waals surface area contributed by atoms with Gasteiger partial charge in [-0.15, -0.1) is 0 Å². The van der Waals surface area contributed by atoms with Gasteiger partial charge in [0.15, 0.2) is 6.29 Å². The summed E-state index contributed by atoms with van der Waals surface area (Å²) in [6.07, 6.45) is 2.41. The van der Waals surface area contributed by atoms with Crippen molar-refractivity contribution in [3.8, 4) is 11.5 Å². The van der Waals surface area contributed by atoms with Crippen molar-refractivity contribution in [3.05, 3.63) is 58.7 Å². The lowest BCUT2D eigenvalue weighted by Crippen LogP contribution is -2.16. The fraction of sp³-hybridized carbons (Fsp3) is 0.235. The third-order valence-corrected chi connectivity index (χ3v) is 3.82. The summed E-state index contributed by atoms with van der Waals surface area (Å²) < 4.78 is 6.05. The van der Waals surface area contributed by atoms with E-state index >= 15 is 0 Å². The Hall–Kier alpha value is -2.29. The number of phenols is 1. The van der Waals surface area contributed by atoms with Crippen molar-refractivity contribution in [3.63, 3.8) is 0 Å². The van der Waals surface area contributed by atoms with E-state index in [4.69, 9.17) is 4.74 Å². The fourth-order valence-electron chi connectivity index (χ4n) is 2.72. The number of fused-ring (bicyclic) bond motifs is 1. The topological polar surface area (TPSA) is 46.5 Å². The molecule has 2 aromatic rings. The van der Waals surface area contributed by atoms with Crippen molar-refractivity contribution < 1.29 is 14.6 Å². The molecule has 1 aliphatic heterocycles. The molecule has 3 heteroatoms. The maximum absolute atomic E-state index is 11.0. The number of carbonyl (C=O) groups is 1. The van der Waals surface area contributed by atoms with E-state index in [2.05, 4.69) is 0 Å². The molecular weight excluding hydrogens is 252 g/mol. The predicted octanol–water partition coefficient (Wildman–Crippen LogP) is 3.58. The van der Waals surface area contributed by atoms with Gasteiger partial charge in [0.1, 0.15) is 17.6 Å². The zero-order chi connectivity index (χ0) is 14.1. The zero-order valence-corrected chi connectivity index (χ0v) is 11.3. The Morgan fingerprint density at radius 2 is 2.05 bits per heavy atom. The second-order valence-corrected chi connectivity index (χ2v) is 5.10. The molecular formula is C17H16O3. The summed E-state index contributed by atoms with van der Waals surface area (Å²) in [7, 11) is 0. The number of hydrogen-bond acceptors (Lipinski definition) is 3. The zero-order valence-electron chi connectivity index (χ0n) is 11.3. The molecule has 1 aliphatic rings. The van der Waals surface area contributed by atoms with Gasteiger partial charge in [-0.3, -0.25) is 4.79 Å². The van der Waals surface area contributed by atoms with Gasteiger partial charge in [0.05, 0.1) is 5.56 Å². The summed E-state index contributed by atoms with van der Waals surface area (Å²) in [5, 5.41) is 10.00. The molecule has 3 nitrogen and oxygen atoms in total. The molecule has 0 radical (unpaired) electrons. The normalized spacial score (nSPS) is 17.1. The van der Waals surface area contributed by atoms with Crippen molar-refractivity contribution in [1.29, 1.82) is 0 Å². The molecule has 0 aliphatic carbocycles. The second-order valence-electron chi connectivity index (χ2n) is 5.10. The van der Waals surface area contributed by atoms with E-state index in [0.29, 0.717) is 23.2 Å². The summed E-state index contributed by atoms with van der Waals surface area (Å²) in [5.74, 6) is 0.737. The minimum absolute atomic E-state index is 0.00359. The van der Waals surface area contributed by atoms with Gasteiger partial charge in [-0.1, -0.05) is 30.3 Å². The molecule has 102 valence electrons. The summed E-state index contributed by atoms with van der Waals surface area (Å²) >= 11 is 0. The van der Waals surface area contributed by atoms with Crippen molar-refractivity contribution in [1.82, 2.24) is 0 Å². The average molecular weight is 268 g/mol. The van der Waals surface area contributed by atoms with Gasteiger partial charge in [-0.2, -0.15) is 0 Å². The number of benzene rings is 2. The highest BCUT2D eigenvalue weighted by Crippen LogP contribution is 2.41. The molecule has 0 bridgehead atoms. The van der Waals surface area contributed by atoms with E-state index < -0.39 is 0 Å². The highest BCUT2D eigenvalue weighted by atomic mass is 16.5. The number of rotatable bonds is 2. The first-order chi connectivity index (χ1) is 9.70. The molecule has 0 saturated carbocycles. The first-order valence-electron chi connectivity index (χ1n) is 6.73. The van der Waals surface area contributed by atoms with Crippen molar-refractivity contribution in [2.45, 2.75) is 25.9 Å². The van der Waals surface area contributed by atoms with Crippen LogP contribution in [-0.4, -0.2) is 11.4 Å². The third-order valence-electron chi connectivity index (χ3n) is 3.82. The Kier molecular flexibility index (Phi) is 3.18. The SMILES string of the molecule is Cc1c(O)c(C=O)cc2c1O[C@@H](c1ccccc1)CC2. The molecule has 0 fully saturated rings. The number of hydrogen-bond donors (Lipinski definition) is 1. The lowest BCUT2D eigenvalue weighted by atomic mass is 9.94. The van der Waals surface area contributed by atoms with Crippen LogP contribution in [0.25, 0.3) is 0 Å². The van der Waals surface area contributed by atoms with Gasteiger partial charge >= 0.3 is 0 Å². The smallest absolute Gasteiger partial charge is 0.153 e. The minimum Gasteiger partial charge on any atom is -0.507 e. The van der Waals surface area contributed by atoms with Crippen LogP contribution in [-0.2, 0) is 6.42 Å². The average Bonchev–Trinajstić information content (AvgIpc) is 2.51. The minimum atomic E-state index is 0.00359. The molecule has 1 atom stereocenters. The third kappa shape index (κ3) is 2.05. The van der Waals surface area contributed by atoms with Gasteiger partial charge in [0.25, 0.3) is 0 Å². The van der Waals surface area contributed by atoms with Crippen LogP contribution >= 0.6 is 0 Å². The highest BCUT2D eigenvalue weighted by molar-refractivity contribution is 5.81. The number of ether oxygens (including phenoxy) is 1. The second kappa shape index (κ2) is 5.00. The van der Waals surface area contributed by atoms with Crippen LogP contribution in [0, 0.1) is 6.92 Å². The van der Waals surface area contributed by atoms with E-state index in [1.165, 1.54) is 0 Å². The largest absolute Gasteiger partial charge is 0.507 e. The van der Waals surface area contributed by atoms with Gasteiger partial charge < -0.3 is 9.84 Å². The van der Waals surface area contributed by atoms with E-state index in [-0.39, 0.29) is 11.9 Å². The van der Waals surface area contributed by atoms with Crippen molar-refractivity contribution in [2.75, 3.05) is 0 Å². The molecule has 20 heavy (non-hydrogen) atoms. The van der Waals surface area contributed by atoms with Gasteiger partial charge in [0, 0.05) is 5.56 Å². The summed E-state index contributed by atoms with van der Waals surface area (Å²) in [6, 6.07) is 11.8. The van der Waals surface area contributed by atoms with Crippen LogP contribution in [0.4, 0.5) is 0 Å². The lowest BCUT2D eigenvalue weighted by Gasteiger charge is -2.28. The number of aromatic hydroxyl groups is 1. The Morgan fingerprint density at radius 3 is 2.75 bits per heavy atom. The number of aldehydes is 1. The molecule has 1 heterocycles. The fourth-order valence-corrected chi connectivity index (χ4v) is 2.72. The summed E-state index contributed by atoms with van der Waals surface area (Å²) in [6.45, 7) is 1.79. The van der Waals surface area contributed by atoms with E-state index in [0.717, 1.165) is 24.0 Å². The highest BCUT2D eigenvalue weighted by Gasteiger charge is 2.25. The maximum Gasteiger partial charge on any atom is 0.153 e. The molecule has 0 unspecified atom stereocenters. The summed E-state index contributed by atoms with van der Waals surface area (Å²) in [4.78, 5) is 11.0. The van der Waals surface area contributed by atoms with Crippen molar-refractivity contribution in [2.24, 2.45) is 0 Å². The van der Waals surface area contributed by atoms with Gasteiger partial charge in [-0.25, -0.2) is 0 Å². The Balaban J connectivity index is 1.99. The summed E-state index contributed by atoms with van der Waals surface area (Å²) in [5.41, 5.74) is 3.11. The number of carbonyl (C=O) groups excluding carboxylic acids is 1. The van der Waals surface area contributed by atoms with Crippen LogP contribution in [0.15, 0.2) is 36.4 Å². The van der Waals surface area contributed by atoms with Crippen LogP contribution in [0.1, 0.15) is 39.6 Å². The molecule has 1 N–H and O–H groups in total. The monoisotopic (exact) mass is 268 g/mol. The van der Waals surface area contributed by atoms with Crippen LogP contribution in [0.5, 0.6) is 11.5 Å². The van der Waals surface area contributed by atoms with Crippen molar-refractivity contribution >= 4 is 6.29 Å². The quantitative estimate of drug-likeness (QED) is 0.847. The van der Waals surface area contributed by atoms with E-state index in [1.54, 1.807) is 13.0 Å². The Bertz CT molecular complexity index is 647. The number of aryl methyl sites for hydroxylation is 1. The maximum atomic E-state index is 11.0. The Morgan fingerprint density at radius 1 is 1.30 bits per heavy atom. The molecule has 3 rings (SSSR count). The van der Waals surface area contributed by atoms with E-state index in [9.17, 15) is 9.90 Å². The Labute approximate surface area is 117 Å². The first kappa shape index (κ1) is 12.7. The lowest BCUT2D eigenvalue weighted by molar-refractivity contribution is 0.112. The predicted molar refractivity (Wildman–Crippen MR) is 76.4 cm³/mol. The molecule has 0 amide bonds. The first-order valence-corrected chi connectivity index (χ1v) is 6.73. The molecule has 0 saturated heterocycles. The van der Waals surface area contributed by atoms with Crippen LogP contribution < -0.4 is 4.74 Å². The van der Waals surface area contributed by atoms with E-state index in [1.807, 2.05) is 30.3 Å². The van der Waals surface area contributed by atoms with Gasteiger partial charge in [0.2, 0.25) is 0 Å².